The van der Waals surface area contributed by atoms with E-state index in [9.17, 15) is 9.18 Å². The minimum Gasteiger partial charge on any atom is -0.379 e. The Kier molecular flexibility index (Phi) is 12.9. The van der Waals surface area contributed by atoms with Crippen molar-refractivity contribution in [2.75, 3.05) is 66.6 Å². The molecule has 7 nitrogen and oxygen atoms in total. The van der Waals surface area contributed by atoms with Crippen LogP contribution in [0.25, 0.3) is 0 Å². The Balaban J connectivity index is 0.00000450. The van der Waals surface area contributed by atoms with Gasteiger partial charge in [0.15, 0.2) is 5.96 Å². The molecule has 1 aromatic carbocycles. The summed E-state index contributed by atoms with van der Waals surface area (Å²) in [6.07, 6.45) is 1.74. The van der Waals surface area contributed by atoms with Crippen LogP contribution in [0, 0.1) is 12.7 Å². The first-order valence-electron chi connectivity index (χ1n) is 10.2. The zero-order chi connectivity index (χ0) is 21.1. The molecule has 1 aliphatic heterocycles. The lowest BCUT2D eigenvalue weighted by Crippen LogP contribution is -2.42. The molecule has 1 fully saturated rings. The Morgan fingerprint density at radius 2 is 1.93 bits per heavy atom. The fourth-order valence-electron chi connectivity index (χ4n) is 3.05. The van der Waals surface area contributed by atoms with Gasteiger partial charge in [-0.1, -0.05) is 6.07 Å². The second kappa shape index (κ2) is 14.5. The minimum atomic E-state index is -0.217. The van der Waals surface area contributed by atoms with E-state index in [-0.39, 0.29) is 42.2 Å². The van der Waals surface area contributed by atoms with Crippen LogP contribution < -0.4 is 10.6 Å². The number of halogens is 2. The number of benzene rings is 1. The molecular formula is C21H35FIN5O2. The van der Waals surface area contributed by atoms with Crippen molar-refractivity contribution in [2.45, 2.75) is 19.8 Å². The van der Waals surface area contributed by atoms with Gasteiger partial charge in [0.2, 0.25) is 5.91 Å². The van der Waals surface area contributed by atoms with Crippen molar-refractivity contribution in [3.8, 4) is 0 Å². The number of carbonyl (C=O) groups excluding carboxylic acids is 1. The van der Waals surface area contributed by atoms with Gasteiger partial charge in [-0.2, -0.15) is 0 Å². The van der Waals surface area contributed by atoms with Crippen LogP contribution in [0.4, 0.5) is 4.39 Å². The van der Waals surface area contributed by atoms with E-state index >= 15 is 0 Å². The number of nitrogens with one attached hydrogen (secondary N) is 2. The maximum Gasteiger partial charge on any atom is 0.243 e. The summed E-state index contributed by atoms with van der Waals surface area (Å²) in [7, 11) is 3.44. The van der Waals surface area contributed by atoms with E-state index in [0.29, 0.717) is 12.5 Å². The maximum atomic E-state index is 13.3. The van der Waals surface area contributed by atoms with Crippen molar-refractivity contribution >= 4 is 35.8 Å². The summed E-state index contributed by atoms with van der Waals surface area (Å²) in [4.78, 5) is 20.2. The Bertz CT molecular complexity index is 681. The van der Waals surface area contributed by atoms with Gasteiger partial charge in [0.1, 0.15) is 12.4 Å². The second-order valence-corrected chi connectivity index (χ2v) is 7.43. The maximum absolute atomic E-state index is 13.3. The van der Waals surface area contributed by atoms with E-state index in [1.165, 1.54) is 11.0 Å². The fourth-order valence-corrected chi connectivity index (χ4v) is 3.05. The largest absolute Gasteiger partial charge is 0.379 e. The summed E-state index contributed by atoms with van der Waals surface area (Å²) in [5, 5.41) is 6.60. The molecule has 0 unspecified atom stereocenters. The highest BCUT2D eigenvalue weighted by atomic mass is 127. The summed E-state index contributed by atoms with van der Waals surface area (Å²) in [5.41, 5.74) is 2.03. The van der Waals surface area contributed by atoms with Crippen molar-refractivity contribution < 1.29 is 13.9 Å². The van der Waals surface area contributed by atoms with E-state index in [0.717, 1.165) is 63.4 Å². The molecule has 30 heavy (non-hydrogen) atoms. The average Bonchev–Trinajstić information content (AvgIpc) is 2.70. The highest BCUT2D eigenvalue weighted by Gasteiger charge is 2.10. The number of guanidine groups is 1. The van der Waals surface area contributed by atoms with Crippen LogP contribution in [-0.4, -0.2) is 88.2 Å². The zero-order valence-corrected chi connectivity index (χ0v) is 20.6. The summed E-state index contributed by atoms with van der Waals surface area (Å²) in [6.45, 7) is 8.01. The number of hydrogen-bond donors (Lipinski definition) is 2. The van der Waals surface area contributed by atoms with Crippen LogP contribution >= 0.6 is 24.0 Å². The molecule has 0 bridgehead atoms. The van der Waals surface area contributed by atoms with Crippen molar-refractivity contribution in [1.82, 2.24) is 20.4 Å². The summed E-state index contributed by atoms with van der Waals surface area (Å²) < 4.78 is 18.6. The number of aliphatic imine (C=N–C) groups is 1. The number of morpholine rings is 1. The van der Waals surface area contributed by atoms with Crippen LogP contribution in [-0.2, 0) is 16.0 Å². The number of carbonyl (C=O) groups is 1. The first-order chi connectivity index (χ1) is 14.0. The van der Waals surface area contributed by atoms with Crippen LogP contribution in [0.2, 0.25) is 0 Å². The Morgan fingerprint density at radius 3 is 2.60 bits per heavy atom. The first-order valence-corrected chi connectivity index (χ1v) is 10.2. The standard InChI is InChI=1S/C21H34FN5O2.HI/c1-17-15-19(22)6-5-18(17)7-9-24-21(25-16-20(28)26(2)3)23-8-4-10-27-11-13-29-14-12-27;/h5-6,15H,4,7-14,16H2,1-3H3,(H2,23,24,25);1H. The fraction of sp³-hybridized carbons (Fsp3) is 0.619. The highest BCUT2D eigenvalue weighted by molar-refractivity contribution is 14.0. The monoisotopic (exact) mass is 535 g/mol. The molecule has 0 spiro atoms. The molecule has 1 saturated heterocycles. The van der Waals surface area contributed by atoms with Gasteiger partial charge in [-0.3, -0.25) is 9.69 Å². The first kappa shape index (κ1) is 26.6. The van der Waals surface area contributed by atoms with Crippen molar-refractivity contribution in [3.05, 3.63) is 35.1 Å². The molecule has 1 aromatic rings. The van der Waals surface area contributed by atoms with E-state index in [2.05, 4.69) is 20.5 Å². The summed E-state index contributed by atoms with van der Waals surface area (Å²) in [5.74, 6) is 0.362. The van der Waals surface area contributed by atoms with Gasteiger partial charge < -0.3 is 20.3 Å². The normalized spacial score (nSPS) is 14.7. The van der Waals surface area contributed by atoms with Crippen LogP contribution in [0.5, 0.6) is 0 Å². The number of amides is 1. The van der Waals surface area contributed by atoms with Crippen molar-refractivity contribution in [1.29, 1.82) is 0 Å². The second-order valence-electron chi connectivity index (χ2n) is 7.43. The molecule has 0 aliphatic carbocycles. The van der Waals surface area contributed by atoms with E-state index in [4.69, 9.17) is 4.74 Å². The number of rotatable bonds is 9. The summed E-state index contributed by atoms with van der Waals surface area (Å²) >= 11 is 0. The molecule has 2 N–H and O–H groups in total. The van der Waals surface area contributed by atoms with Crippen LogP contribution in [0.3, 0.4) is 0 Å². The molecule has 0 aromatic heterocycles. The number of aryl methyl sites for hydroxylation is 1. The predicted octanol–water partition coefficient (Wildman–Crippen LogP) is 1.64. The van der Waals surface area contributed by atoms with Crippen molar-refractivity contribution in [3.63, 3.8) is 0 Å². The highest BCUT2D eigenvalue weighted by Crippen LogP contribution is 2.10. The van der Waals surface area contributed by atoms with Gasteiger partial charge >= 0.3 is 0 Å². The third-order valence-electron chi connectivity index (χ3n) is 4.91. The zero-order valence-electron chi connectivity index (χ0n) is 18.2. The Hall–Kier alpha value is -1.46. The molecule has 1 aliphatic rings. The average molecular weight is 535 g/mol. The van der Waals surface area contributed by atoms with E-state index in [1.807, 2.05) is 13.0 Å². The molecule has 0 atom stereocenters. The molecule has 1 heterocycles. The smallest absolute Gasteiger partial charge is 0.243 e. The number of nitrogens with zero attached hydrogens (tertiary/aromatic N) is 3. The summed E-state index contributed by atoms with van der Waals surface area (Å²) in [6, 6.07) is 4.84. The number of ether oxygens (including phenoxy) is 1. The lowest BCUT2D eigenvalue weighted by atomic mass is 10.1. The third-order valence-corrected chi connectivity index (χ3v) is 4.91. The number of hydrogen-bond acceptors (Lipinski definition) is 4. The topological polar surface area (TPSA) is 69.2 Å². The van der Waals surface area contributed by atoms with Gasteiger partial charge in [-0.25, -0.2) is 9.38 Å². The third kappa shape index (κ3) is 10.0. The molecular weight excluding hydrogens is 500 g/mol. The molecule has 1 amide bonds. The lowest BCUT2D eigenvalue weighted by Gasteiger charge is -2.26. The quantitative estimate of drug-likeness (QED) is 0.218. The number of likely N-dealkylation sites (N-methyl/N-ethyl adjacent to an activating group) is 1. The Labute approximate surface area is 196 Å². The SMILES string of the molecule is Cc1cc(F)ccc1CCNC(=NCC(=O)N(C)C)NCCCN1CCOCC1.I. The van der Waals surface area contributed by atoms with Gasteiger partial charge in [0, 0.05) is 40.3 Å². The van der Waals surface area contributed by atoms with Gasteiger partial charge in [0.05, 0.1) is 13.2 Å². The molecule has 170 valence electrons. The van der Waals surface area contributed by atoms with Gasteiger partial charge in [0.25, 0.3) is 0 Å². The molecule has 9 heteroatoms. The Morgan fingerprint density at radius 1 is 1.23 bits per heavy atom. The van der Waals surface area contributed by atoms with Crippen LogP contribution in [0.15, 0.2) is 23.2 Å². The van der Waals surface area contributed by atoms with Crippen molar-refractivity contribution in [2.24, 2.45) is 4.99 Å². The predicted molar refractivity (Wildman–Crippen MR) is 129 cm³/mol. The molecule has 0 saturated carbocycles. The molecule has 0 radical (unpaired) electrons. The van der Waals surface area contributed by atoms with Crippen LogP contribution in [0.1, 0.15) is 17.5 Å². The van der Waals surface area contributed by atoms with Gasteiger partial charge in [-0.15, -0.1) is 24.0 Å². The minimum absolute atomic E-state index is 0. The van der Waals surface area contributed by atoms with E-state index < -0.39 is 0 Å². The lowest BCUT2D eigenvalue weighted by molar-refractivity contribution is -0.127. The van der Waals surface area contributed by atoms with Gasteiger partial charge in [-0.05, 0) is 49.6 Å². The van der Waals surface area contributed by atoms with E-state index in [1.54, 1.807) is 20.2 Å². The molecule has 2 rings (SSSR count).